The lowest BCUT2D eigenvalue weighted by Crippen LogP contribution is -2.17. The predicted molar refractivity (Wildman–Crippen MR) is 61.3 cm³/mol. The van der Waals surface area contributed by atoms with E-state index in [0.29, 0.717) is 5.69 Å². The third-order valence-electron chi connectivity index (χ3n) is 1.99. The molecule has 0 radical (unpaired) electrons. The second-order valence-electron chi connectivity index (χ2n) is 3.13. The van der Waals surface area contributed by atoms with E-state index in [-0.39, 0.29) is 12.3 Å². The number of carbonyl (C=O) groups is 2. The van der Waals surface area contributed by atoms with Gasteiger partial charge in [-0.3, -0.25) is 9.59 Å². The van der Waals surface area contributed by atoms with Crippen LogP contribution in [-0.2, 0) is 14.3 Å². The highest BCUT2D eigenvalue weighted by Gasteiger charge is 2.08. The number of ether oxygens (including phenoxy) is 1. The number of hydrogen-bond donors (Lipinski definition) is 2. The van der Waals surface area contributed by atoms with E-state index in [0.717, 1.165) is 5.69 Å². The monoisotopic (exact) mass is 222 g/mol. The number of esters is 1. The standard InChI is InChI=1S/C11H14N2O3/c1-12-8-3-5-9(6-4-8)13-10(14)7-11(15)16-2/h3-6,12H,7H2,1-2H3,(H,13,14). The molecule has 1 amide bonds. The molecule has 0 atom stereocenters. The van der Waals surface area contributed by atoms with Crippen LogP contribution in [0.2, 0.25) is 0 Å². The third kappa shape index (κ3) is 3.61. The highest BCUT2D eigenvalue weighted by molar-refractivity contribution is 6.01. The Hall–Kier alpha value is -2.04. The quantitative estimate of drug-likeness (QED) is 0.594. The van der Waals surface area contributed by atoms with Crippen molar-refractivity contribution < 1.29 is 14.3 Å². The van der Waals surface area contributed by atoms with Crippen LogP contribution in [0.1, 0.15) is 6.42 Å². The Balaban J connectivity index is 2.52. The topological polar surface area (TPSA) is 67.4 Å². The van der Waals surface area contributed by atoms with Crippen molar-refractivity contribution in [2.24, 2.45) is 0 Å². The lowest BCUT2D eigenvalue weighted by Gasteiger charge is -2.05. The van der Waals surface area contributed by atoms with Crippen molar-refractivity contribution in [1.29, 1.82) is 0 Å². The van der Waals surface area contributed by atoms with Crippen LogP contribution in [0.15, 0.2) is 24.3 Å². The van der Waals surface area contributed by atoms with Crippen LogP contribution in [0.5, 0.6) is 0 Å². The van der Waals surface area contributed by atoms with E-state index < -0.39 is 5.97 Å². The van der Waals surface area contributed by atoms with E-state index in [1.165, 1.54) is 7.11 Å². The molecule has 0 saturated heterocycles. The minimum absolute atomic E-state index is 0.274. The first-order valence-corrected chi connectivity index (χ1v) is 4.80. The smallest absolute Gasteiger partial charge is 0.315 e. The van der Waals surface area contributed by atoms with Crippen molar-refractivity contribution in [2.75, 3.05) is 24.8 Å². The first-order valence-electron chi connectivity index (χ1n) is 4.80. The molecule has 0 aliphatic carbocycles. The molecule has 1 rings (SSSR count). The van der Waals surface area contributed by atoms with Crippen LogP contribution in [0.3, 0.4) is 0 Å². The molecule has 1 aromatic rings. The lowest BCUT2D eigenvalue weighted by atomic mass is 10.2. The first-order chi connectivity index (χ1) is 7.65. The van der Waals surface area contributed by atoms with Crippen molar-refractivity contribution >= 4 is 23.3 Å². The van der Waals surface area contributed by atoms with Gasteiger partial charge in [-0.2, -0.15) is 0 Å². The van der Waals surface area contributed by atoms with Gasteiger partial charge < -0.3 is 15.4 Å². The minimum Gasteiger partial charge on any atom is -0.469 e. The average Bonchev–Trinajstić information content (AvgIpc) is 2.29. The second kappa shape index (κ2) is 5.75. The summed E-state index contributed by atoms with van der Waals surface area (Å²) in [7, 11) is 3.06. The SMILES string of the molecule is CNc1ccc(NC(=O)CC(=O)OC)cc1. The number of amides is 1. The number of methoxy groups -OCH3 is 1. The summed E-state index contributed by atoms with van der Waals surface area (Å²) in [5.74, 6) is -0.937. The Kier molecular flexibility index (Phi) is 4.32. The number of carbonyl (C=O) groups excluding carboxylic acids is 2. The van der Waals surface area contributed by atoms with Gasteiger partial charge >= 0.3 is 5.97 Å². The average molecular weight is 222 g/mol. The number of hydrogen-bond acceptors (Lipinski definition) is 4. The van der Waals surface area contributed by atoms with Gasteiger partial charge in [-0.15, -0.1) is 0 Å². The molecule has 86 valence electrons. The molecule has 0 spiro atoms. The zero-order chi connectivity index (χ0) is 12.0. The maximum Gasteiger partial charge on any atom is 0.315 e. The van der Waals surface area contributed by atoms with E-state index in [4.69, 9.17) is 0 Å². The molecule has 0 aromatic heterocycles. The van der Waals surface area contributed by atoms with Gasteiger partial charge in [0.2, 0.25) is 5.91 Å². The molecule has 0 saturated carbocycles. The van der Waals surface area contributed by atoms with Crippen LogP contribution in [0.25, 0.3) is 0 Å². The Bertz CT molecular complexity index is 373. The number of nitrogens with one attached hydrogen (secondary N) is 2. The van der Waals surface area contributed by atoms with Crippen LogP contribution in [0, 0.1) is 0 Å². The summed E-state index contributed by atoms with van der Waals surface area (Å²) in [6.45, 7) is 0. The summed E-state index contributed by atoms with van der Waals surface area (Å²) >= 11 is 0. The summed E-state index contributed by atoms with van der Waals surface area (Å²) in [4.78, 5) is 22.1. The number of benzene rings is 1. The van der Waals surface area contributed by atoms with E-state index in [1.807, 2.05) is 19.2 Å². The molecule has 1 aromatic carbocycles. The fourth-order valence-corrected chi connectivity index (χ4v) is 1.13. The Morgan fingerprint density at radius 2 is 1.75 bits per heavy atom. The number of rotatable bonds is 4. The van der Waals surface area contributed by atoms with Gasteiger partial charge in [-0.05, 0) is 24.3 Å². The van der Waals surface area contributed by atoms with Gasteiger partial charge in [0.15, 0.2) is 0 Å². The molecule has 0 aliphatic rings. The fraction of sp³-hybridized carbons (Fsp3) is 0.273. The number of anilines is 2. The largest absolute Gasteiger partial charge is 0.469 e. The molecule has 0 heterocycles. The molecule has 5 nitrogen and oxygen atoms in total. The van der Waals surface area contributed by atoms with Crippen molar-refractivity contribution in [3.05, 3.63) is 24.3 Å². The Labute approximate surface area is 93.8 Å². The maximum absolute atomic E-state index is 11.3. The summed E-state index contributed by atoms with van der Waals surface area (Å²) in [5.41, 5.74) is 1.60. The van der Waals surface area contributed by atoms with E-state index in [2.05, 4.69) is 15.4 Å². The molecule has 0 fully saturated rings. The molecule has 5 heteroatoms. The molecule has 16 heavy (non-hydrogen) atoms. The van der Waals surface area contributed by atoms with Crippen molar-refractivity contribution in [2.45, 2.75) is 6.42 Å². The van der Waals surface area contributed by atoms with Crippen LogP contribution >= 0.6 is 0 Å². The second-order valence-corrected chi connectivity index (χ2v) is 3.13. The predicted octanol–water partition coefficient (Wildman–Crippen LogP) is 1.23. The Morgan fingerprint density at radius 3 is 2.25 bits per heavy atom. The highest BCUT2D eigenvalue weighted by Crippen LogP contribution is 2.12. The van der Waals surface area contributed by atoms with Gasteiger partial charge in [0, 0.05) is 18.4 Å². The highest BCUT2D eigenvalue weighted by atomic mass is 16.5. The third-order valence-corrected chi connectivity index (χ3v) is 1.99. The van der Waals surface area contributed by atoms with Crippen LogP contribution in [0.4, 0.5) is 11.4 Å². The lowest BCUT2D eigenvalue weighted by molar-refractivity contribution is -0.142. The first kappa shape index (κ1) is 12.0. The normalized spacial score (nSPS) is 9.38. The molecule has 0 unspecified atom stereocenters. The molecule has 0 bridgehead atoms. The van der Waals surface area contributed by atoms with Gasteiger partial charge in [-0.1, -0.05) is 0 Å². The molecule has 2 N–H and O–H groups in total. The fourth-order valence-electron chi connectivity index (χ4n) is 1.13. The van der Waals surface area contributed by atoms with Gasteiger partial charge in [-0.25, -0.2) is 0 Å². The summed E-state index contributed by atoms with van der Waals surface area (Å²) < 4.78 is 4.39. The van der Waals surface area contributed by atoms with Crippen molar-refractivity contribution in [1.82, 2.24) is 0 Å². The van der Waals surface area contributed by atoms with Gasteiger partial charge in [0.05, 0.1) is 7.11 Å². The molecular formula is C11H14N2O3. The Morgan fingerprint density at radius 1 is 1.19 bits per heavy atom. The minimum atomic E-state index is -0.552. The van der Waals surface area contributed by atoms with Crippen molar-refractivity contribution in [3.63, 3.8) is 0 Å². The summed E-state index contributed by atoms with van der Waals surface area (Å²) in [6.07, 6.45) is -0.274. The summed E-state index contributed by atoms with van der Waals surface area (Å²) in [5, 5.41) is 5.55. The van der Waals surface area contributed by atoms with E-state index in [1.54, 1.807) is 12.1 Å². The molecular weight excluding hydrogens is 208 g/mol. The zero-order valence-electron chi connectivity index (χ0n) is 9.24. The van der Waals surface area contributed by atoms with E-state index in [9.17, 15) is 9.59 Å². The van der Waals surface area contributed by atoms with Gasteiger partial charge in [0.25, 0.3) is 0 Å². The maximum atomic E-state index is 11.3. The van der Waals surface area contributed by atoms with Gasteiger partial charge in [0.1, 0.15) is 6.42 Å². The van der Waals surface area contributed by atoms with E-state index >= 15 is 0 Å². The van der Waals surface area contributed by atoms with Crippen LogP contribution < -0.4 is 10.6 Å². The molecule has 0 aliphatic heterocycles. The zero-order valence-corrected chi connectivity index (χ0v) is 9.24. The van der Waals surface area contributed by atoms with Crippen molar-refractivity contribution in [3.8, 4) is 0 Å². The van der Waals surface area contributed by atoms with Crippen LogP contribution in [-0.4, -0.2) is 26.0 Å². The summed E-state index contributed by atoms with van der Waals surface area (Å²) in [6, 6.07) is 7.16.